The molecule has 1 N–H and O–H groups in total. The summed E-state index contributed by atoms with van der Waals surface area (Å²) >= 11 is 1.50. The highest BCUT2D eigenvalue weighted by molar-refractivity contribution is 7.13. The summed E-state index contributed by atoms with van der Waals surface area (Å²) in [6.07, 6.45) is 1.66. The molecule has 1 aromatic heterocycles. The van der Waals surface area contributed by atoms with Gasteiger partial charge in [0.15, 0.2) is 0 Å². The van der Waals surface area contributed by atoms with E-state index in [1.807, 2.05) is 12.3 Å². The highest BCUT2D eigenvalue weighted by Crippen LogP contribution is 2.14. The predicted molar refractivity (Wildman–Crippen MR) is 75.8 cm³/mol. The number of hydrogen-bond acceptors (Lipinski definition) is 6. The first-order valence-corrected chi connectivity index (χ1v) is 6.46. The van der Waals surface area contributed by atoms with Crippen LogP contribution in [0, 0.1) is 6.92 Å². The summed E-state index contributed by atoms with van der Waals surface area (Å²) in [5.74, 6) is -0.347. The van der Waals surface area contributed by atoms with E-state index in [9.17, 15) is 4.79 Å². The number of hydrazone groups is 1. The zero-order chi connectivity index (χ0) is 13.7. The highest BCUT2D eigenvalue weighted by Gasteiger charge is 2.03. The predicted octanol–water partition coefficient (Wildman–Crippen LogP) is 2.68. The van der Waals surface area contributed by atoms with Crippen LogP contribution in [0.4, 0.5) is 5.13 Å². The van der Waals surface area contributed by atoms with Gasteiger partial charge in [-0.15, -0.1) is 11.3 Å². The number of aryl methyl sites for hydroxylation is 1. The van der Waals surface area contributed by atoms with Crippen LogP contribution in [-0.2, 0) is 4.74 Å². The van der Waals surface area contributed by atoms with Gasteiger partial charge >= 0.3 is 5.97 Å². The Kier molecular flexibility index (Phi) is 4.25. The molecule has 0 amide bonds. The zero-order valence-electron chi connectivity index (χ0n) is 10.6. The van der Waals surface area contributed by atoms with Gasteiger partial charge in [-0.25, -0.2) is 9.78 Å². The van der Waals surface area contributed by atoms with Crippen LogP contribution in [-0.4, -0.2) is 24.3 Å². The lowest BCUT2D eigenvalue weighted by Gasteiger charge is -1.99. The number of esters is 1. The second-order valence-electron chi connectivity index (χ2n) is 3.78. The van der Waals surface area contributed by atoms with Crippen molar-refractivity contribution in [3.05, 3.63) is 46.5 Å². The number of thiazole rings is 1. The molecule has 5 nitrogen and oxygen atoms in total. The molecule has 0 aliphatic rings. The van der Waals surface area contributed by atoms with E-state index in [1.165, 1.54) is 18.4 Å². The van der Waals surface area contributed by atoms with E-state index in [0.717, 1.165) is 16.4 Å². The molecule has 1 heterocycles. The van der Waals surface area contributed by atoms with Crippen molar-refractivity contribution in [2.75, 3.05) is 12.5 Å². The van der Waals surface area contributed by atoms with E-state index in [4.69, 9.17) is 0 Å². The monoisotopic (exact) mass is 275 g/mol. The average molecular weight is 275 g/mol. The molecule has 0 aliphatic heterocycles. The molecule has 0 unspecified atom stereocenters. The largest absolute Gasteiger partial charge is 0.465 e. The van der Waals surface area contributed by atoms with Gasteiger partial charge in [0.05, 0.1) is 24.6 Å². The minimum atomic E-state index is -0.347. The number of aromatic nitrogens is 1. The number of benzene rings is 1. The van der Waals surface area contributed by atoms with Crippen LogP contribution in [0.15, 0.2) is 34.7 Å². The van der Waals surface area contributed by atoms with Crippen LogP contribution in [0.1, 0.15) is 21.6 Å². The Morgan fingerprint density at radius 1 is 1.42 bits per heavy atom. The second kappa shape index (κ2) is 6.10. The fourth-order valence-electron chi connectivity index (χ4n) is 1.39. The van der Waals surface area contributed by atoms with Crippen LogP contribution in [0.3, 0.4) is 0 Å². The number of ether oxygens (including phenoxy) is 1. The first-order chi connectivity index (χ1) is 9.19. The molecular formula is C13H13N3O2S. The standard InChI is InChI=1S/C13H13N3O2S/c1-9-8-19-13(15-9)16-14-7-10-3-5-11(6-4-10)12(17)18-2/h3-8H,1-2H3,(H,15,16)/b14-7-. The number of nitrogens with one attached hydrogen (secondary N) is 1. The van der Waals surface area contributed by atoms with E-state index in [2.05, 4.69) is 20.2 Å². The fourth-order valence-corrected chi connectivity index (χ4v) is 2.03. The van der Waals surface area contributed by atoms with Gasteiger partial charge < -0.3 is 4.74 Å². The molecule has 0 bridgehead atoms. The molecule has 0 radical (unpaired) electrons. The Morgan fingerprint density at radius 3 is 2.74 bits per heavy atom. The minimum absolute atomic E-state index is 0.347. The van der Waals surface area contributed by atoms with Crippen LogP contribution < -0.4 is 5.43 Å². The summed E-state index contributed by atoms with van der Waals surface area (Å²) in [5, 5.41) is 6.77. The van der Waals surface area contributed by atoms with Gasteiger partial charge in [0.2, 0.25) is 5.13 Å². The van der Waals surface area contributed by atoms with Crippen molar-refractivity contribution < 1.29 is 9.53 Å². The van der Waals surface area contributed by atoms with Crippen molar-refractivity contribution in [2.45, 2.75) is 6.92 Å². The molecule has 0 saturated heterocycles. The summed E-state index contributed by atoms with van der Waals surface area (Å²) in [7, 11) is 1.36. The Balaban J connectivity index is 1.97. The Bertz CT molecular complexity index is 590. The third-order valence-electron chi connectivity index (χ3n) is 2.32. The van der Waals surface area contributed by atoms with Gasteiger partial charge in [-0.2, -0.15) is 5.10 Å². The van der Waals surface area contributed by atoms with Crippen LogP contribution in [0.25, 0.3) is 0 Å². The zero-order valence-corrected chi connectivity index (χ0v) is 11.4. The highest BCUT2D eigenvalue weighted by atomic mass is 32.1. The Hall–Kier alpha value is -2.21. The second-order valence-corrected chi connectivity index (χ2v) is 4.64. The number of methoxy groups -OCH3 is 1. The third-order valence-corrected chi connectivity index (χ3v) is 3.19. The molecule has 0 saturated carbocycles. The van der Waals surface area contributed by atoms with Crippen molar-refractivity contribution >= 4 is 28.7 Å². The van der Waals surface area contributed by atoms with Crippen molar-refractivity contribution in [2.24, 2.45) is 5.10 Å². The van der Waals surface area contributed by atoms with Gasteiger partial charge in [-0.3, -0.25) is 5.43 Å². The lowest BCUT2D eigenvalue weighted by molar-refractivity contribution is 0.0601. The number of anilines is 1. The Morgan fingerprint density at radius 2 is 2.16 bits per heavy atom. The maximum Gasteiger partial charge on any atom is 0.337 e. The first kappa shape index (κ1) is 13.2. The number of carbonyl (C=O) groups excluding carboxylic acids is 1. The molecule has 98 valence electrons. The van der Waals surface area contributed by atoms with E-state index in [-0.39, 0.29) is 5.97 Å². The van der Waals surface area contributed by atoms with Gasteiger partial charge in [0.25, 0.3) is 0 Å². The quantitative estimate of drug-likeness (QED) is 0.529. The summed E-state index contributed by atoms with van der Waals surface area (Å²) in [6, 6.07) is 6.98. The number of hydrogen-bond donors (Lipinski definition) is 1. The topological polar surface area (TPSA) is 63.6 Å². The molecule has 2 aromatic rings. The SMILES string of the molecule is COC(=O)c1ccc(/C=N\Nc2nc(C)cs2)cc1. The van der Waals surface area contributed by atoms with Crippen LogP contribution >= 0.6 is 11.3 Å². The summed E-state index contributed by atoms with van der Waals surface area (Å²) in [6.45, 7) is 1.93. The Labute approximate surface area is 114 Å². The number of rotatable bonds is 4. The average Bonchev–Trinajstić information content (AvgIpc) is 2.84. The molecule has 1 aromatic carbocycles. The molecular weight excluding hydrogens is 262 g/mol. The van der Waals surface area contributed by atoms with Crippen molar-refractivity contribution in [3.63, 3.8) is 0 Å². The molecule has 19 heavy (non-hydrogen) atoms. The first-order valence-electron chi connectivity index (χ1n) is 5.58. The maximum absolute atomic E-state index is 11.3. The molecule has 6 heteroatoms. The third kappa shape index (κ3) is 3.62. The van der Waals surface area contributed by atoms with Gasteiger partial charge in [-0.1, -0.05) is 12.1 Å². The van der Waals surface area contributed by atoms with E-state index in [1.54, 1.807) is 30.5 Å². The fraction of sp³-hybridized carbons (Fsp3) is 0.154. The van der Waals surface area contributed by atoms with Crippen molar-refractivity contribution in [1.29, 1.82) is 0 Å². The van der Waals surface area contributed by atoms with Crippen molar-refractivity contribution in [1.82, 2.24) is 4.98 Å². The van der Waals surface area contributed by atoms with Gasteiger partial charge in [-0.05, 0) is 24.6 Å². The summed E-state index contributed by atoms with van der Waals surface area (Å²) in [4.78, 5) is 15.5. The van der Waals surface area contributed by atoms with E-state index >= 15 is 0 Å². The minimum Gasteiger partial charge on any atom is -0.465 e. The maximum atomic E-state index is 11.3. The number of nitrogens with zero attached hydrogens (tertiary/aromatic N) is 2. The number of carbonyl (C=O) groups is 1. The summed E-state index contributed by atoms with van der Waals surface area (Å²) in [5.41, 5.74) is 5.21. The molecule has 0 aliphatic carbocycles. The van der Waals surface area contributed by atoms with Gasteiger partial charge in [0.1, 0.15) is 0 Å². The van der Waals surface area contributed by atoms with Crippen LogP contribution in [0.2, 0.25) is 0 Å². The van der Waals surface area contributed by atoms with Crippen molar-refractivity contribution in [3.8, 4) is 0 Å². The van der Waals surface area contributed by atoms with Gasteiger partial charge in [0, 0.05) is 5.38 Å². The molecule has 0 atom stereocenters. The lowest BCUT2D eigenvalue weighted by atomic mass is 10.1. The smallest absolute Gasteiger partial charge is 0.337 e. The van der Waals surface area contributed by atoms with E-state index < -0.39 is 0 Å². The molecule has 0 fully saturated rings. The normalized spacial score (nSPS) is 10.6. The summed E-state index contributed by atoms with van der Waals surface area (Å²) < 4.78 is 4.63. The van der Waals surface area contributed by atoms with E-state index in [0.29, 0.717) is 5.56 Å². The van der Waals surface area contributed by atoms with Crippen LogP contribution in [0.5, 0.6) is 0 Å². The molecule has 0 spiro atoms. The molecule has 2 rings (SSSR count). The lowest BCUT2D eigenvalue weighted by Crippen LogP contribution is -2.00.